The molecule has 1 unspecified atom stereocenters. The standard InChI is InChI=1S/C14H10F6O8S/c1-8(15)10(21)28-13(14(18,19)20,26-7-12(16,17)29(23,24)25)11(22)27-9-5-3-2-4-6-9/h2-6H,1,7H2,(H,23,24,25)/p-1. The van der Waals surface area contributed by atoms with Gasteiger partial charge in [0.1, 0.15) is 12.4 Å². The van der Waals surface area contributed by atoms with Crippen molar-refractivity contribution in [3.05, 3.63) is 42.7 Å². The van der Waals surface area contributed by atoms with Crippen LogP contribution in [-0.4, -0.2) is 48.7 Å². The van der Waals surface area contributed by atoms with Crippen LogP contribution in [0.4, 0.5) is 26.3 Å². The molecule has 15 heteroatoms. The minimum absolute atomic E-state index is 0.618. The van der Waals surface area contributed by atoms with Crippen LogP contribution in [0.1, 0.15) is 0 Å². The van der Waals surface area contributed by atoms with Gasteiger partial charge in [-0.1, -0.05) is 24.8 Å². The van der Waals surface area contributed by atoms with Gasteiger partial charge in [-0.25, -0.2) is 18.0 Å². The Morgan fingerprint density at radius 2 is 1.59 bits per heavy atom. The van der Waals surface area contributed by atoms with Crippen molar-refractivity contribution < 1.29 is 63.1 Å². The highest BCUT2D eigenvalue weighted by Crippen LogP contribution is 2.39. The third-order valence-corrected chi connectivity index (χ3v) is 3.71. The molecule has 0 saturated heterocycles. The topological polar surface area (TPSA) is 119 Å². The molecule has 1 aromatic rings. The van der Waals surface area contributed by atoms with Gasteiger partial charge in [-0.2, -0.15) is 26.3 Å². The Labute approximate surface area is 158 Å². The van der Waals surface area contributed by atoms with E-state index < -0.39 is 57.5 Å². The van der Waals surface area contributed by atoms with Gasteiger partial charge < -0.3 is 18.8 Å². The smallest absolute Gasteiger partial charge is 0.468 e. The summed E-state index contributed by atoms with van der Waals surface area (Å²) in [5.74, 6) is -13.2. The summed E-state index contributed by atoms with van der Waals surface area (Å²) >= 11 is 0. The minimum Gasteiger partial charge on any atom is -0.743 e. The maximum atomic E-state index is 13.5. The van der Waals surface area contributed by atoms with E-state index in [9.17, 15) is 48.9 Å². The lowest BCUT2D eigenvalue weighted by Crippen LogP contribution is -2.60. The molecule has 0 amide bonds. The van der Waals surface area contributed by atoms with Gasteiger partial charge in [0.25, 0.3) is 0 Å². The first-order valence-corrected chi connectivity index (χ1v) is 8.33. The maximum Gasteiger partial charge on any atom is 0.468 e. The van der Waals surface area contributed by atoms with Crippen LogP contribution < -0.4 is 4.74 Å². The van der Waals surface area contributed by atoms with Gasteiger partial charge in [0.15, 0.2) is 10.1 Å². The van der Waals surface area contributed by atoms with Crippen molar-refractivity contribution in [1.82, 2.24) is 0 Å². The molecular formula is C14H9F6O8S-. The number of esters is 2. The predicted molar refractivity (Wildman–Crippen MR) is 77.8 cm³/mol. The number of hydrogen-bond donors (Lipinski definition) is 0. The van der Waals surface area contributed by atoms with E-state index in [0.717, 1.165) is 12.1 Å². The molecule has 0 N–H and O–H groups in total. The number of carbonyl (C=O) groups excluding carboxylic acids is 2. The minimum atomic E-state index is -6.56. The van der Waals surface area contributed by atoms with E-state index in [2.05, 4.69) is 20.8 Å². The molecule has 1 atom stereocenters. The number of alkyl halides is 5. The van der Waals surface area contributed by atoms with Gasteiger partial charge >= 0.3 is 29.2 Å². The Kier molecular flexibility index (Phi) is 7.05. The van der Waals surface area contributed by atoms with Crippen molar-refractivity contribution in [1.29, 1.82) is 0 Å². The normalized spacial score (nSPS) is 14.6. The number of hydrogen-bond acceptors (Lipinski definition) is 8. The Bertz CT molecular complexity index is 883. The second-order valence-corrected chi connectivity index (χ2v) is 6.50. The Hall–Kier alpha value is -2.65. The Balaban J connectivity index is 3.44. The summed E-state index contributed by atoms with van der Waals surface area (Å²) in [7, 11) is -6.56. The average Bonchev–Trinajstić information content (AvgIpc) is 2.56. The van der Waals surface area contributed by atoms with Crippen molar-refractivity contribution in [2.24, 2.45) is 0 Å². The van der Waals surface area contributed by atoms with Gasteiger partial charge in [-0.15, -0.1) is 0 Å². The van der Waals surface area contributed by atoms with E-state index in [-0.39, 0.29) is 0 Å². The van der Waals surface area contributed by atoms with Gasteiger partial charge in [-0.05, 0) is 12.1 Å². The molecule has 0 aliphatic heterocycles. The van der Waals surface area contributed by atoms with Gasteiger partial charge in [0.05, 0.1) is 0 Å². The second-order valence-electron chi connectivity index (χ2n) is 4.99. The third-order valence-electron chi connectivity index (χ3n) is 2.86. The van der Waals surface area contributed by atoms with E-state index in [1.807, 2.05) is 0 Å². The van der Waals surface area contributed by atoms with Crippen LogP contribution in [0.5, 0.6) is 5.75 Å². The van der Waals surface area contributed by atoms with E-state index in [1.165, 1.54) is 18.2 Å². The summed E-state index contributed by atoms with van der Waals surface area (Å²) in [5.41, 5.74) is 0. The zero-order valence-corrected chi connectivity index (χ0v) is 14.6. The first-order chi connectivity index (χ1) is 13.0. The van der Waals surface area contributed by atoms with Crippen molar-refractivity contribution in [2.75, 3.05) is 6.61 Å². The van der Waals surface area contributed by atoms with E-state index in [4.69, 9.17) is 0 Å². The van der Waals surface area contributed by atoms with Crippen LogP contribution in [0.15, 0.2) is 42.7 Å². The van der Waals surface area contributed by atoms with Crippen molar-refractivity contribution in [3.63, 3.8) is 0 Å². The summed E-state index contributed by atoms with van der Waals surface area (Å²) in [4.78, 5) is 23.3. The van der Waals surface area contributed by atoms with Crippen LogP contribution in [0.2, 0.25) is 0 Å². The quantitative estimate of drug-likeness (QED) is 0.147. The average molecular weight is 451 g/mol. The molecule has 0 saturated carbocycles. The van der Waals surface area contributed by atoms with Crippen molar-refractivity contribution in [3.8, 4) is 5.75 Å². The number of rotatable bonds is 8. The van der Waals surface area contributed by atoms with Gasteiger partial charge in [-0.3, -0.25) is 0 Å². The molecule has 0 heterocycles. The van der Waals surface area contributed by atoms with E-state index in [1.54, 1.807) is 0 Å². The lowest BCUT2D eigenvalue weighted by molar-refractivity contribution is -0.357. The Morgan fingerprint density at radius 3 is 2.00 bits per heavy atom. The number of para-hydroxylation sites is 1. The number of halogens is 6. The monoisotopic (exact) mass is 451 g/mol. The molecule has 1 rings (SSSR count). The first kappa shape index (κ1) is 24.4. The molecule has 0 spiro atoms. The molecule has 29 heavy (non-hydrogen) atoms. The SMILES string of the molecule is C=C(F)C(=O)OC(OCC(F)(F)S(=O)(=O)[O-])(C(=O)Oc1ccccc1)C(F)(F)F. The fourth-order valence-corrected chi connectivity index (χ4v) is 1.70. The zero-order chi connectivity index (χ0) is 22.7. The molecular weight excluding hydrogens is 442 g/mol. The molecule has 0 radical (unpaired) electrons. The summed E-state index contributed by atoms with van der Waals surface area (Å²) in [6.07, 6.45) is -6.20. The first-order valence-electron chi connectivity index (χ1n) is 6.92. The molecule has 0 fully saturated rings. The van der Waals surface area contributed by atoms with Crippen LogP contribution in [0, 0.1) is 0 Å². The van der Waals surface area contributed by atoms with Crippen LogP contribution in [0.3, 0.4) is 0 Å². The molecule has 1 aromatic carbocycles. The molecule has 0 aliphatic rings. The predicted octanol–water partition coefficient (Wildman–Crippen LogP) is 2.03. The Morgan fingerprint density at radius 1 is 1.07 bits per heavy atom. The molecule has 0 aromatic heterocycles. The molecule has 8 nitrogen and oxygen atoms in total. The van der Waals surface area contributed by atoms with E-state index in [0.29, 0.717) is 0 Å². The third kappa shape index (κ3) is 5.68. The highest BCUT2D eigenvalue weighted by atomic mass is 32.2. The fraction of sp³-hybridized carbons (Fsp3) is 0.286. The summed E-state index contributed by atoms with van der Waals surface area (Å²) in [6, 6.07) is 5.54. The van der Waals surface area contributed by atoms with Crippen molar-refractivity contribution >= 4 is 22.1 Å². The summed E-state index contributed by atoms with van der Waals surface area (Å²) in [5, 5.41) is -5.49. The second kappa shape index (κ2) is 8.38. The molecule has 0 bridgehead atoms. The van der Waals surface area contributed by atoms with Crippen LogP contribution in [0.25, 0.3) is 0 Å². The largest absolute Gasteiger partial charge is 0.743 e. The summed E-state index contributed by atoms with van der Waals surface area (Å²) in [6.45, 7) is -0.592. The fourth-order valence-electron chi connectivity index (χ4n) is 1.49. The number of benzene rings is 1. The lowest BCUT2D eigenvalue weighted by atomic mass is 10.2. The molecule has 162 valence electrons. The number of carbonyl (C=O) groups is 2. The maximum absolute atomic E-state index is 13.5. The highest BCUT2D eigenvalue weighted by molar-refractivity contribution is 7.86. The van der Waals surface area contributed by atoms with E-state index >= 15 is 0 Å². The molecule has 0 aliphatic carbocycles. The van der Waals surface area contributed by atoms with Crippen LogP contribution in [-0.2, 0) is 29.2 Å². The number of ether oxygens (including phenoxy) is 3. The van der Waals surface area contributed by atoms with Gasteiger partial charge in [0.2, 0.25) is 5.83 Å². The van der Waals surface area contributed by atoms with Crippen molar-refractivity contribution in [2.45, 2.75) is 17.2 Å². The van der Waals surface area contributed by atoms with Crippen LogP contribution >= 0.6 is 0 Å². The lowest BCUT2D eigenvalue weighted by Gasteiger charge is -2.33. The highest BCUT2D eigenvalue weighted by Gasteiger charge is 2.69. The summed E-state index contributed by atoms with van der Waals surface area (Å²) < 4.78 is 123. The zero-order valence-electron chi connectivity index (χ0n) is 13.7. The van der Waals surface area contributed by atoms with Gasteiger partial charge in [0, 0.05) is 0 Å².